The molecule has 5 N–H and O–H groups in total. The quantitative estimate of drug-likeness (QED) is 0.451. The molecule has 0 saturated carbocycles. The van der Waals surface area contributed by atoms with Crippen LogP contribution in [0.25, 0.3) is 32.3 Å². The minimum absolute atomic E-state index is 0.102. The molecule has 0 atom stereocenters. The second-order valence-corrected chi connectivity index (χ2v) is 7.17. The van der Waals surface area contributed by atoms with Crippen LogP contribution in [0.2, 0.25) is 0 Å². The van der Waals surface area contributed by atoms with Crippen LogP contribution in [0.5, 0.6) is 0 Å². The summed E-state index contributed by atoms with van der Waals surface area (Å²) in [6.07, 6.45) is 1.79. The average Bonchev–Trinajstić information content (AvgIpc) is 3.08. The lowest BCUT2D eigenvalue weighted by molar-refractivity contribution is -0.114. The first-order chi connectivity index (χ1) is 13.0. The molecule has 0 aliphatic rings. The number of hydrogen-bond donors (Lipinski definition) is 3. The lowest BCUT2D eigenvalue weighted by Crippen LogP contribution is -2.05. The fraction of sp³-hybridized carbons (Fsp3) is 0.0476. The van der Waals surface area contributed by atoms with Crippen molar-refractivity contribution in [1.29, 1.82) is 0 Å². The third-order valence-corrected chi connectivity index (χ3v) is 5.35. The second kappa shape index (κ2) is 6.74. The highest BCUT2D eigenvalue weighted by Crippen LogP contribution is 2.42. The largest absolute Gasteiger partial charge is 0.399 e. The van der Waals surface area contributed by atoms with Crippen molar-refractivity contribution >= 4 is 44.5 Å². The van der Waals surface area contributed by atoms with Crippen LogP contribution in [-0.4, -0.2) is 10.9 Å². The minimum Gasteiger partial charge on any atom is -0.399 e. The monoisotopic (exact) mass is 374 g/mol. The van der Waals surface area contributed by atoms with Gasteiger partial charge in [0.15, 0.2) is 0 Å². The smallest absolute Gasteiger partial charge is 0.221 e. The Morgan fingerprint density at radius 3 is 2.56 bits per heavy atom. The van der Waals surface area contributed by atoms with Gasteiger partial charge in [-0.2, -0.15) is 0 Å². The van der Waals surface area contributed by atoms with Crippen molar-refractivity contribution in [3.05, 3.63) is 60.1 Å². The average molecular weight is 374 g/mol. The number of amides is 1. The minimum atomic E-state index is -0.102. The van der Waals surface area contributed by atoms with E-state index in [0.717, 1.165) is 43.7 Å². The van der Waals surface area contributed by atoms with E-state index in [9.17, 15) is 4.79 Å². The number of nitrogens with zero attached hydrogens (tertiary/aromatic N) is 1. The summed E-state index contributed by atoms with van der Waals surface area (Å²) in [5.41, 5.74) is 17.6. The zero-order chi connectivity index (χ0) is 19.0. The van der Waals surface area contributed by atoms with E-state index >= 15 is 0 Å². The van der Waals surface area contributed by atoms with Gasteiger partial charge in [-0.3, -0.25) is 4.79 Å². The number of anilines is 3. The summed E-state index contributed by atoms with van der Waals surface area (Å²) in [5.74, 6) is 0.398. The summed E-state index contributed by atoms with van der Waals surface area (Å²) in [7, 11) is 0. The van der Waals surface area contributed by atoms with Gasteiger partial charge in [0, 0.05) is 45.7 Å². The highest BCUT2D eigenvalue weighted by Gasteiger charge is 2.15. The molecule has 0 aliphatic heterocycles. The zero-order valence-electron chi connectivity index (χ0n) is 14.7. The van der Waals surface area contributed by atoms with Crippen molar-refractivity contribution < 1.29 is 4.79 Å². The van der Waals surface area contributed by atoms with Crippen LogP contribution in [0, 0.1) is 0 Å². The fourth-order valence-electron chi connectivity index (χ4n) is 3.12. The van der Waals surface area contributed by atoms with Crippen LogP contribution < -0.4 is 16.8 Å². The number of aromatic nitrogens is 1. The van der Waals surface area contributed by atoms with E-state index in [0.29, 0.717) is 5.82 Å². The maximum Gasteiger partial charge on any atom is 0.221 e. The molecular formula is C21H18N4OS. The van der Waals surface area contributed by atoms with Crippen molar-refractivity contribution in [3.8, 4) is 22.3 Å². The van der Waals surface area contributed by atoms with Crippen molar-refractivity contribution in [2.45, 2.75) is 6.92 Å². The molecule has 134 valence electrons. The molecule has 0 spiro atoms. The number of fused-ring (bicyclic) bond motifs is 1. The van der Waals surface area contributed by atoms with Crippen LogP contribution in [0.15, 0.2) is 60.1 Å². The SMILES string of the molecule is CC(=O)Nc1cccc(-c2cnc(N)c3c(-c4ccc(N)cc4)csc23)c1. The van der Waals surface area contributed by atoms with Crippen LogP contribution in [0.3, 0.4) is 0 Å². The van der Waals surface area contributed by atoms with E-state index in [4.69, 9.17) is 11.5 Å². The third kappa shape index (κ3) is 3.22. The molecule has 4 rings (SSSR count). The molecule has 0 unspecified atom stereocenters. The van der Waals surface area contributed by atoms with E-state index in [1.807, 2.05) is 48.5 Å². The molecule has 4 aromatic rings. The topological polar surface area (TPSA) is 94.0 Å². The summed E-state index contributed by atoms with van der Waals surface area (Å²) in [4.78, 5) is 15.8. The Labute approximate surface area is 160 Å². The molecule has 2 heterocycles. The Morgan fingerprint density at radius 2 is 1.81 bits per heavy atom. The summed E-state index contributed by atoms with van der Waals surface area (Å²) < 4.78 is 1.06. The van der Waals surface area contributed by atoms with Gasteiger partial charge in [-0.25, -0.2) is 4.98 Å². The maximum atomic E-state index is 11.4. The van der Waals surface area contributed by atoms with Crippen molar-refractivity contribution in [2.75, 3.05) is 16.8 Å². The first kappa shape index (κ1) is 17.1. The van der Waals surface area contributed by atoms with Crippen LogP contribution in [0.4, 0.5) is 17.2 Å². The van der Waals surface area contributed by atoms with Gasteiger partial charge in [-0.1, -0.05) is 24.3 Å². The molecule has 0 saturated heterocycles. The molecule has 0 fully saturated rings. The molecule has 0 radical (unpaired) electrons. The second-order valence-electron chi connectivity index (χ2n) is 6.29. The normalized spacial score (nSPS) is 10.9. The number of pyridine rings is 1. The number of nitrogen functional groups attached to an aromatic ring is 2. The molecule has 0 aliphatic carbocycles. The van der Waals surface area contributed by atoms with Crippen molar-refractivity contribution in [2.24, 2.45) is 0 Å². The molecule has 2 aromatic carbocycles. The number of rotatable bonds is 3. The highest BCUT2D eigenvalue weighted by atomic mass is 32.1. The van der Waals surface area contributed by atoms with E-state index in [-0.39, 0.29) is 5.91 Å². The predicted octanol–water partition coefficient (Wildman–Crippen LogP) is 4.75. The van der Waals surface area contributed by atoms with Crippen LogP contribution >= 0.6 is 11.3 Å². The molecule has 27 heavy (non-hydrogen) atoms. The molecular weight excluding hydrogens is 356 g/mol. The first-order valence-electron chi connectivity index (χ1n) is 8.42. The molecule has 2 aromatic heterocycles. The summed E-state index contributed by atoms with van der Waals surface area (Å²) in [5, 5.41) is 5.85. The lowest BCUT2D eigenvalue weighted by Gasteiger charge is -2.09. The summed E-state index contributed by atoms with van der Waals surface area (Å²) >= 11 is 1.63. The molecule has 0 bridgehead atoms. The predicted molar refractivity (Wildman–Crippen MR) is 114 cm³/mol. The zero-order valence-corrected chi connectivity index (χ0v) is 15.5. The van der Waals surface area contributed by atoms with E-state index in [2.05, 4.69) is 15.7 Å². The number of hydrogen-bond acceptors (Lipinski definition) is 5. The van der Waals surface area contributed by atoms with E-state index in [1.54, 1.807) is 17.5 Å². The Hall–Kier alpha value is -3.38. The molecule has 6 heteroatoms. The maximum absolute atomic E-state index is 11.4. The van der Waals surface area contributed by atoms with Gasteiger partial charge < -0.3 is 16.8 Å². The Morgan fingerprint density at radius 1 is 1.04 bits per heavy atom. The lowest BCUT2D eigenvalue weighted by atomic mass is 10.0. The standard InChI is InChI=1S/C21H18N4OS/c1-12(26)25-16-4-2-3-14(9-16)17-10-24-21(23)19-18(11-27-20(17)19)13-5-7-15(22)8-6-13/h2-11H,22H2,1H3,(H2,23,24)(H,25,26). The first-order valence-corrected chi connectivity index (χ1v) is 9.30. The van der Waals surface area contributed by atoms with Gasteiger partial charge in [0.2, 0.25) is 5.91 Å². The number of carbonyl (C=O) groups excluding carboxylic acids is 1. The Kier molecular flexibility index (Phi) is 4.25. The van der Waals surface area contributed by atoms with Gasteiger partial charge in [-0.15, -0.1) is 11.3 Å². The van der Waals surface area contributed by atoms with Gasteiger partial charge in [0.05, 0.1) is 0 Å². The molecule has 1 amide bonds. The van der Waals surface area contributed by atoms with Gasteiger partial charge >= 0.3 is 0 Å². The number of thiophene rings is 1. The van der Waals surface area contributed by atoms with Gasteiger partial charge in [-0.05, 0) is 40.8 Å². The van der Waals surface area contributed by atoms with Crippen LogP contribution in [0.1, 0.15) is 6.92 Å². The van der Waals surface area contributed by atoms with Gasteiger partial charge in [0.25, 0.3) is 0 Å². The fourth-order valence-corrected chi connectivity index (χ4v) is 4.24. The number of nitrogens with one attached hydrogen (secondary N) is 1. The summed E-state index contributed by atoms with van der Waals surface area (Å²) in [6, 6.07) is 15.4. The third-order valence-electron chi connectivity index (χ3n) is 4.34. The Bertz CT molecular complexity index is 1150. The van der Waals surface area contributed by atoms with Crippen LogP contribution in [-0.2, 0) is 4.79 Å². The van der Waals surface area contributed by atoms with Crippen molar-refractivity contribution in [1.82, 2.24) is 4.98 Å². The highest BCUT2D eigenvalue weighted by molar-refractivity contribution is 7.18. The number of nitrogens with two attached hydrogens (primary N) is 2. The Balaban J connectivity index is 1.88. The van der Waals surface area contributed by atoms with Crippen molar-refractivity contribution in [3.63, 3.8) is 0 Å². The van der Waals surface area contributed by atoms with E-state index < -0.39 is 0 Å². The number of benzene rings is 2. The molecule has 5 nitrogen and oxygen atoms in total. The van der Waals surface area contributed by atoms with Gasteiger partial charge in [0.1, 0.15) is 5.82 Å². The van der Waals surface area contributed by atoms with E-state index in [1.165, 1.54) is 6.92 Å². The summed E-state index contributed by atoms with van der Waals surface area (Å²) in [6.45, 7) is 1.49. The number of carbonyl (C=O) groups is 1.